The standard InChI is InChI=1S/C110H60O2/c1-4-20-76-62(13-1)33-44-89-95(76)59-101-94-53-70(65-17-10-18-66(50-65)71-38-47-103-96(54-71)83-23-7-8-28-102(83)111-103)36-42-82(94)88-46-45-79(109(89)110(88)101)63-31-29-61(30-32-63)68-34-40-81-87-26-12-27-90-107(87)100(93(81)51-68)60-99-78-22-6-3-14-73(78)56-91(108(90)99)75-37-43-84-97-55-72(39-48-104(97)112-105(84)58-75)67-19-9-16-64(49-67)69-35-41-80-86-25-11-24-85-77-21-5-2-15-74(77)57-98(106(85)86)92(80)52-69/h1-60H. The lowest BCUT2D eigenvalue weighted by Gasteiger charge is -2.16. The summed E-state index contributed by atoms with van der Waals surface area (Å²) in [6.45, 7) is 0. The van der Waals surface area contributed by atoms with Crippen molar-refractivity contribution >= 4 is 130 Å². The number of hydrogen-bond donors (Lipinski definition) is 0. The summed E-state index contributed by atoms with van der Waals surface area (Å²) >= 11 is 0. The van der Waals surface area contributed by atoms with Crippen LogP contribution in [0.25, 0.3) is 275 Å². The molecule has 0 saturated heterocycles. The van der Waals surface area contributed by atoms with Gasteiger partial charge in [0.2, 0.25) is 0 Å². The highest BCUT2D eigenvalue weighted by Crippen LogP contribution is 2.57. The highest BCUT2D eigenvalue weighted by molar-refractivity contribution is 6.33. The Labute approximate surface area is 643 Å². The van der Waals surface area contributed by atoms with Gasteiger partial charge in [-0.3, -0.25) is 0 Å². The van der Waals surface area contributed by atoms with Gasteiger partial charge in [0.15, 0.2) is 0 Å². The minimum absolute atomic E-state index is 0.877. The smallest absolute Gasteiger partial charge is 0.136 e. The zero-order valence-electron chi connectivity index (χ0n) is 60.5. The molecule has 3 aliphatic carbocycles. The van der Waals surface area contributed by atoms with Crippen molar-refractivity contribution in [2.45, 2.75) is 0 Å². The van der Waals surface area contributed by atoms with Crippen molar-refractivity contribution in [1.29, 1.82) is 0 Å². The fraction of sp³-hybridized carbons (Fsp3) is 0. The molecule has 23 aromatic rings. The minimum atomic E-state index is 0.877. The van der Waals surface area contributed by atoms with Gasteiger partial charge in [0.05, 0.1) is 0 Å². The van der Waals surface area contributed by atoms with E-state index in [1.807, 2.05) is 12.1 Å². The van der Waals surface area contributed by atoms with Gasteiger partial charge in [-0.2, -0.15) is 0 Å². The molecular weight excluding hydrogens is 1350 g/mol. The average Bonchev–Trinajstić information content (AvgIpc) is 1.52. The molecule has 0 saturated carbocycles. The van der Waals surface area contributed by atoms with Gasteiger partial charge in [0, 0.05) is 21.5 Å². The first-order valence-electron chi connectivity index (χ1n) is 38.9. The van der Waals surface area contributed by atoms with Gasteiger partial charge < -0.3 is 8.83 Å². The number of rotatable bonds is 7. The van der Waals surface area contributed by atoms with Gasteiger partial charge >= 0.3 is 0 Å². The molecule has 2 nitrogen and oxygen atoms in total. The second kappa shape index (κ2) is 22.5. The summed E-state index contributed by atoms with van der Waals surface area (Å²) in [6.07, 6.45) is 0. The van der Waals surface area contributed by atoms with E-state index in [-0.39, 0.29) is 0 Å². The third-order valence-electron chi connectivity index (χ3n) is 25.4. The molecule has 0 unspecified atom stereocenters. The summed E-state index contributed by atoms with van der Waals surface area (Å²) in [7, 11) is 0. The first kappa shape index (κ1) is 60.3. The van der Waals surface area contributed by atoms with Crippen molar-refractivity contribution in [2.24, 2.45) is 0 Å². The van der Waals surface area contributed by atoms with Gasteiger partial charge in [0.1, 0.15) is 22.3 Å². The van der Waals surface area contributed by atoms with Crippen LogP contribution in [0.2, 0.25) is 0 Å². The second-order valence-corrected chi connectivity index (χ2v) is 31.2. The largest absolute Gasteiger partial charge is 0.456 e. The molecule has 2 heterocycles. The minimum Gasteiger partial charge on any atom is -0.456 e. The molecule has 0 N–H and O–H groups in total. The molecule has 0 bridgehead atoms. The Morgan fingerprint density at radius 1 is 0.116 bits per heavy atom. The molecule has 512 valence electrons. The van der Waals surface area contributed by atoms with Crippen molar-refractivity contribution in [1.82, 2.24) is 0 Å². The third kappa shape index (κ3) is 8.52. The molecule has 0 fully saturated rings. The van der Waals surface area contributed by atoms with Crippen LogP contribution in [-0.4, -0.2) is 0 Å². The summed E-state index contributed by atoms with van der Waals surface area (Å²) in [5.41, 5.74) is 35.6. The van der Waals surface area contributed by atoms with E-state index in [0.717, 1.165) is 55.0 Å². The summed E-state index contributed by atoms with van der Waals surface area (Å²) < 4.78 is 13.1. The van der Waals surface area contributed by atoms with Gasteiger partial charge in [-0.05, 0) is 328 Å². The molecule has 2 heteroatoms. The quantitative estimate of drug-likeness (QED) is 0.149. The number of fused-ring (bicyclic) bond motifs is 25. The SMILES string of the molecule is c1cc(-c2ccc3c(c2)-c2cc4c5ccccc5ccc4c4c(-c5ccc(-c6ccc7c(c6)-c6cc8c9ccccc9cc(-c9ccc%10c(c9)oc9ccc(-c%11cccc(-c%12ccc%13c(c%12)-c%12cc%14ccccc%14c%14cccc-%13c%12%14)c%11)cc9%10)c8c8cccc-7c68)cc5)ccc-3c24)cc(-c2ccc3oc4ccccc4c3c2)c1. The van der Waals surface area contributed by atoms with Gasteiger partial charge in [0.25, 0.3) is 0 Å². The maximum Gasteiger partial charge on any atom is 0.136 e. The van der Waals surface area contributed by atoms with E-state index >= 15 is 0 Å². The van der Waals surface area contributed by atoms with E-state index < -0.39 is 0 Å². The van der Waals surface area contributed by atoms with Gasteiger partial charge in [-0.25, -0.2) is 0 Å². The highest BCUT2D eigenvalue weighted by atomic mass is 16.3. The average molecular weight is 1410 g/mol. The number of benzene rings is 21. The molecule has 0 amide bonds. The van der Waals surface area contributed by atoms with E-state index in [4.69, 9.17) is 8.83 Å². The maximum atomic E-state index is 6.88. The Morgan fingerprint density at radius 3 is 1.16 bits per heavy atom. The van der Waals surface area contributed by atoms with Gasteiger partial charge in [-0.15, -0.1) is 0 Å². The highest BCUT2D eigenvalue weighted by Gasteiger charge is 2.30. The molecule has 0 radical (unpaired) electrons. The van der Waals surface area contributed by atoms with Crippen molar-refractivity contribution < 1.29 is 8.83 Å². The van der Waals surface area contributed by atoms with Crippen LogP contribution in [0.3, 0.4) is 0 Å². The second-order valence-electron chi connectivity index (χ2n) is 31.2. The normalized spacial score (nSPS) is 12.5. The Hall–Kier alpha value is -14.7. The zero-order chi connectivity index (χ0) is 72.7. The van der Waals surface area contributed by atoms with Crippen molar-refractivity contribution in [3.8, 4) is 145 Å². The first-order valence-corrected chi connectivity index (χ1v) is 38.9. The fourth-order valence-electron chi connectivity index (χ4n) is 20.2. The zero-order valence-corrected chi connectivity index (χ0v) is 60.5. The number of para-hydroxylation sites is 1. The number of hydrogen-bond acceptors (Lipinski definition) is 2. The fourth-order valence-corrected chi connectivity index (χ4v) is 20.2. The monoisotopic (exact) mass is 1410 g/mol. The summed E-state index contributed by atoms with van der Waals surface area (Å²) in [4.78, 5) is 0. The Balaban J connectivity index is 0.540. The molecule has 26 rings (SSSR count). The van der Waals surface area contributed by atoms with E-state index in [1.165, 1.54) is 220 Å². The molecule has 2 aromatic heterocycles. The maximum absolute atomic E-state index is 6.88. The van der Waals surface area contributed by atoms with Crippen LogP contribution in [0.15, 0.2) is 373 Å². The predicted octanol–water partition coefficient (Wildman–Crippen LogP) is 31.3. The van der Waals surface area contributed by atoms with Crippen LogP contribution < -0.4 is 0 Å². The van der Waals surface area contributed by atoms with E-state index in [1.54, 1.807) is 0 Å². The Morgan fingerprint density at radius 2 is 0.509 bits per heavy atom. The lowest BCUT2D eigenvalue weighted by molar-refractivity contribution is 0.668. The molecule has 21 aromatic carbocycles. The molecule has 0 aliphatic heterocycles. The van der Waals surface area contributed by atoms with Crippen molar-refractivity contribution in [2.75, 3.05) is 0 Å². The summed E-state index contributed by atoms with van der Waals surface area (Å²) in [6, 6.07) is 137. The lowest BCUT2D eigenvalue weighted by atomic mass is 9.87. The van der Waals surface area contributed by atoms with Crippen molar-refractivity contribution in [3.63, 3.8) is 0 Å². The van der Waals surface area contributed by atoms with Crippen LogP contribution in [0, 0.1) is 0 Å². The molecule has 0 atom stereocenters. The first-order chi connectivity index (χ1) is 55.5. The predicted molar refractivity (Wildman–Crippen MR) is 472 cm³/mol. The Kier molecular flexibility index (Phi) is 12.1. The van der Waals surface area contributed by atoms with Crippen LogP contribution in [0.5, 0.6) is 0 Å². The van der Waals surface area contributed by atoms with E-state index in [9.17, 15) is 0 Å². The van der Waals surface area contributed by atoms with Crippen molar-refractivity contribution in [3.05, 3.63) is 364 Å². The lowest BCUT2D eigenvalue weighted by Crippen LogP contribution is -1.89. The van der Waals surface area contributed by atoms with Crippen LogP contribution in [0.4, 0.5) is 0 Å². The molecule has 0 spiro atoms. The molecular formula is C110H60O2. The summed E-state index contributed by atoms with van der Waals surface area (Å²) in [5, 5.41) is 24.9. The third-order valence-corrected chi connectivity index (χ3v) is 25.4. The molecule has 3 aliphatic rings. The van der Waals surface area contributed by atoms with E-state index in [0.29, 0.717) is 0 Å². The van der Waals surface area contributed by atoms with Crippen LogP contribution in [0.1, 0.15) is 0 Å². The van der Waals surface area contributed by atoms with Gasteiger partial charge in [-0.1, -0.05) is 267 Å². The summed E-state index contributed by atoms with van der Waals surface area (Å²) in [5.74, 6) is 0. The number of furan rings is 2. The molecule has 112 heavy (non-hydrogen) atoms. The van der Waals surface area contributed by atoms with Crippen LogP contribution in [-0.2, 0) is 0 Å². The topological polar surface area (TPSA) is 26.3 Å². The van der Waals surface area contributed by atoms with E-state index in [2.05, 4.69) is 352 Å². The van der Waals surface area contributed by atoms with Crippen LogP contribution >= 0.6 is 0 Å². The Bertz CT molecular complexity index is 8240.